The molecule has 0 saturated carbocycles. The van der Waals surface area contributed by atoms with Gasteiger partial charge in [-0.25, -0.2) is 0 Å². The van der Waals surface area contributed by atoms with Gasteiger partial charge >= 0.3 is 0 Å². The maximum absolute atomic E-state index is 6.07. The van der Waals surface area contributed by atoms with Crippen LogP contribution in [0.1, 0.15) is 22.3 Å². The van der Waals surface area contributed by atoms with Crippen molar-refractivity contribution in [3.63, 3.8) is 0 Å². The first-order valence-corrected chi connectivity index (χ1v) is 10.4. The van der Waals surface area contributed by atoms with Gasteiger partial charge in [0.25, 0.3) is 5.19 Å². The van der Waals surface area contributed by atoms with Crippen LogP contribution in [0, 0.1) is 20.8 Å². The number of nitrogens with zero attached hydrogens (tertiary/aromatic N) is 3. The van der Waals surface area contributed by atoms with Gasteiger partial charge < -0.3 is 4.74 Å². The summed E-state index contributed by atoms with van der Waals surface area (Å²) in [5.41, 5.74) is 6.01. The van der Waals surface area contributed by atoms with Gasteiger partial charge in [-0.15, -0.1) is 12.4 Å². The Balaban J connectivity index is 0.00000240. The Morgan fingerprint density at radius 3 is 2.45 bits per heavy atom. The van der Waals surface area contributed by atoms with Crippen LogP contribution in [0.15, 0.2) is 48.6 Å². The largest absolute Gasteiger partial charge is 0.430 e. The van der Waals surface area contributed by atoms with Crippen LogP contribution in [0.4, 0.5) is 0 Å². The fourth-order valence-electron chi connectivity index (χ4n) is 3.38. The predicted molar refractivity (Wildman–Crippen MR) is 123 cm³/mol. The lowest BCUT2D eigenvalue weighted by molar-refractivity contribution is 0.357. The van der Waals surface area contributed by atoms with Crippen LogP contribution in [0.25, 0.3) is 11.4 Å². The van der Waals surface area contributed by atoms with Crippen molar-refractivity contribution in [1.82, 2.24) is 14.3 Å². The summed E-state index contributed by atoms with van der Waals surface area (Å²) < 4.78 is 10.5. The summed E-state index contributed by atoms with van der Waals surface area (Å²) in [7, 11) is 0. The molecule has 0 aliphatic carbocycles. The van der Waals surface area contributed by atoms with E-state index >= 15 is 0 Å². The molecule has 1 aliphatic heterocycles. The second-order valence-corrected chi connectivity index (χ2v) is 8.09. The van der Waals surface area contributed by atoms with E-state index in [1.165, 1.54) is 28.2 Å². The number of ether oxygens (including phenoxy) is 1. The molecular formula is C23H26ClN3OS. The van der Waals surface area contributed by atoms with E-state index in [1.807, 2.05) is 12.1 Å². The predicted octanol–water partition coefficient (Wildman–Crippen LogP) is 5.76. The van der Waals surface area contributed by atoms with Crippen LogP contribution in [0.2, 0.25) is 0 Å². The normalized spacial score (nSPS) is 13.5. The monoisotopic (exact) mass is 427 g/mol. The molecule has 0 fully saturated rings. The Morgan fingerprint density at radius 1 is 1.00 bits per heavy atom. The van der Waals surface area contributed by atoms with E-state index in [4.69, 9.17) is 4.74 Å². The van der Waals surface area contributed by atoms with E-state index in [0.717, 1.165) is 42.9 Å². The highest BCUT2D eigenvalue weighted by atomic mass is 35.5. The molecule has 0 amide bonds. The number of aryl methyl sites for hydroxylation is 3. The molecule has 0 bridgehead atoms. The van der Waals surface area contributed by atoms with Crippen LogP contribution >= 0.6 is 23.9 Å². The Morgan fingerprint density at radius 2 is 1.72 bits per heavy atom. The Hall–Kier alpha value is -2.21. The number of benzene rings is 2. The molecule has 0 radical (unpaired) electrons. The molecule has 6 heteroatoms. The molecule has 1 aliphatic rings. The van der Waals surface area contributed by atoms with Gasteiger partial charge in [0.1, 0.15) is 5.75 Å². The third-order valence-electron chi connectivity index (χ3n) is 5.14. The van der Waals surface area contributed by atoms with Crippen LogP contribution in [-0.4, -0.2) is 33.9 Å². The van der Waals surface area contributed by atoms with Gasteiger partial charge in [-0.05, 0) is 49.9 Å². The van der Waals surface area contributed by atoms with E-state index in [-0.39, 0.29) is 12.4 Å². The lowest BCUT2D eigenvalue weighted by atomic mass is 10.0. The summed E-state index contributed by atoms with van der Waals surface area (Å²) >= 11 is 1.29. The third kappa shape index (κ3) is 5.24. The minimum atomic E-state index is 0. The lowest BCUT2D eigenvalue weighted by Gasteiger charge is -2.16. The molecule has 152 valence electrons. The summed E-state index contributed by atoms with van der Waals surface area (Å²) in [6.07, 6.45) is 5.54. The van der Waals surface area contributed by atoms with Gasteiger partial charge in [0.2, 0.25) is 0 Å². The zero-order valence-corrected chi connectivity index (χ0v) is 18.6. The van der Waals surface area contributed by atoms with E-state index in [2.05, 4.69) is 71.4 Å². The van der Waals surface area contributed by atoms with Gasteiger partial charge in [-0.1, -0.05) is 48.0 Å². The lowest BCUT2D eigenvalue weighted by Crippen LogP contribution is -2.22. The molecule has 2 heterocycles. The molecule has 3 aromatic rings. The van der Waals surface area contributed by atoms with Crippen molar-refractivity contribution in [3.05, 3.63) is 70.8 Å². The SMILES string of the molecule is Cc1ccc(-c2nsc(Oc3cc(C)c(CCN4CC=CC4)cc3C)n2)cc1.Cl. The second kappa shape index (κ2) is 9.53. The molecule has 0 N–H and O–H groups in total. The summed E-state index contributed by atoms with van der Waals surface area (Å²) in [5, 5.41) is 0.578. The zero-order valence-electron chi connectivity index (χ0n) is 17.0. The topological polar surface area (TPSA) is 38.2 Å². The van der Waals surface area contributed by atoms with E-state index in [1.54, 1.807) is 0 Å². The maximum Gasteiger partial charge on any atom is 0.299 e. The van der Waals surface area contributed by atoms with Crippen molar-refractivity contribution >= 4 is 23.9 Å². The first-order chi connectivity index (χ1) is 13.6. The summed E-state index contributed by atoms with van der Waals surface area (Å²) in [5.74, 6) is 1.57. The van der Waals surface area contributed by atoms with Gasteiger partial charge in [0, 0.05) is 36.7 Å². The van der Waals surface area contributed by atoms with E-state index < -0.39 is 0 Å². The molecule has 29 heavy (non-hydrogen) atoms. The van der Waals surface area contributed by atoms with Crippen molar-refractivity contribution in [2.45, 2.75) is 27.2 Å². The average Bonchev–Trinajstić information content (AvgIpc) is 3.36. The van der Waals surface area contributed by atoms with Gasteiger partial charge in [-0.2, -0.15) is 9.36 Å². The molecule has 0 atom stereocenters. The van der Waals surface area contributed by atoms with Crippen molar-refractivity contribution in [2.24, 2.45) is 0 Å². The highest BCUT2D eigenvalue weighted by Gasteiger charge is 2.13. The number of aromatic nitrogens is 2. The number of hydrogen-bond acceptors (Lipinski definition) is 5. The van der Waals surface area contributed by atoms with Gasteiger partial charge in [-0.3, -0.25) is 4.90 Å². The first-order valence-electron chi connectivity index (χ1n) is 9.64. The van der Waals surface area contributed by atoms with Crippen molar-refractivity contribution < 1.29 is 4.74 Å². The number of halogens is 1. The van der Waals surface area contributed by atoms with Gasteiger partial charge in [0.15, 0.2) is 5.82 Å². The second-order valence-electron chi connectivity index (χ2n) is 7.38. The van der Waals surface area contributed by atoms with Crippen LogP contribution < -0.4 is 4.74 Å². The average molecular weight is 428 g/mol. The fourth-order valence-corrected chi connectivity index (χ4v) is 3.94. The molecule has 0 saturated heterocycles. The third-order valence-corrected chi connectivity index (χ3v) is 5.73. The smallest absolute Gasteiger partial charge is 0.299 e. The molecule has 2 aromatic carbocycles. The fraction of sp³-hybridized carbons (Fsp3) is 0.304. The highest BCUT2D eigenvalue weighted by Crippen LogP contribution is 2.31. The van der Waals surface area contributed by atoms with Crippen molar-refractivity contribution in [1.29, 1.82) is 0 Å². The number of hydrogen-bond donors (Lipinski definition) is 0. The summed E-state index contributed by atoms with van der Waals surface area (Å²) in [4.78, 5) is 7.01. The summed E-state index contributed by atoms with van der Waals surface area (Å²) in [6.45, 7) is 9.55. The molecule has 0 spiro atoms. The molecule has 4 nitrogen and oxygen atoms in total. The minimum Gasteiger partial charge on any atom is -0.430 e. The Bertz CT molecular complexity index is 990. The first kappa shape index (κ1) is 21.5. The maximum atomic E-state index is 6.07. The van der Waals surface area contributed by atoms with Crippen LogP contribution in [-0.2, 0) is 6.42 Å². The quantitative estimate of drug-likeness (QED) is 0.469. The molecule has 0 unspecified atom stereocenters. The van der Waals surface area contributed by atoms with E-state index in [9.17, 15) is 0 Å². The summed E-state index contributed by atoms with van der Waals surface area (Å²) in [6, 6.07) is 12.6. The molecule has 1 aromatic heterocycles. The molecular weight excluding hydrogens is 402 g/mol. The minimum absolute atomic E-state index is 0. The Labute approximate surface area is 182 Å². The van der Waals surface area contributed by atoms with Crippen molar-refractivity contribution in [2.75, 3.05) is 19.6 Å². The standard InChI is InChI=1S/C23H25N3OS.ClH/c1-16-6-8-19(9-7-16)22-24-23(28-25-22)27-21-15-17(2)20(14-18(21)3)10-13-26-11-4-5-12-26;/h4-9,14-15H,10-13H2,1-3H3;1H. The van der Waals surface area contributed by atoms with Crippen molar-refractivity contribution in [3.8, 4) is 22.3 Å². The number of rotatable bonds is 6. The zero-order chi connectivity index (χ0) is 19.5. The van der Waals surface area contributed by atoms with Crippen LogP contribution in [0.3, 0.4) is 0 Å². The Kier molecular flexibility index (Phi) is 7.06. The van der Waals surface area contributed by atoms with Crippen LogP contribution in [0.5, 0.6) is 10.9 Å². The molecule has 4 rings (SSSR count). The highest BCUT2D eigenvalue weighted by molar-refractivity contribution is 7.07. The van der Waals surface area contributed by atoms with E-state index in [0.29, 0.717) is 11.0 Å². The van der Waals surface area contributed by atoms with Gasteiger partial charge in [0.05, 0.1) is 0 Å².